The summed E-state index contributed by atoms with van der Waals surface area (Å²) in [7, 11) is 0. The fourth-order valence-corrected chi connectivity index (χ4v) is 1.88. The summed E-state index contributed by atoms with van der Waals surface area (Å²) in [6, 6.07) is 6.89. The van der Waals surface area contributed by atoms with Gasteiger partial charge in [0.25, 0.3) is 0 Å². The van der Waals surface area contributed by atoms with Crippen molar-refractivity contribution in [2.24, 2.45) is 0 Å². The van der Waals surface area contributed by atoms with E-state index in [0.29, 0.717) is 17.7 Å². The van der Waals surface area contributed by atoms with Gasteiger partial charge in [0.1, 0.15) is 5.75 Å². The molecule has 1 aromatic carbocycles. The fourth-order valence-electron chi connectivity index (χ4n) is 1.88. The molecule has 0 N–H and O–H groups in total. The van der Waals surface area contributed by atoms with Crippen molar-refractivity contribution in [1.29, 1.82) is 0 Å². The molecular weight excluding hydrogens is 280 g/mol. The minimum absolute atomic E-state index is 0.131. The van der Waals surface area contributed by atoms with E-state index in [4.69, 9.17) is 9.47 Å². The zero-order valence-electron chi connectivity index (χ0n) is 14.1. The Balaban J connectivity index is 2.71. The summed E-state index contributed by atoms with van der Waals surface area (Å²) in [6.07, 6.45) is 2.27. The molecule has 0 spiro atoms. The first-order valence-electron chi connectivity index (χ1n) is 7.79. The molecule has 4 nitrogen and oxygen atoms in total. The molecule has 0 fully saturated rings. The third-order valence-electron chi connectivity index (χ3n) is 3.14. The van der Waals surface area contributed by atoms with E-state index in [-0.39, 0.29) is 11.9 Å². The van der Waals surface area contributed by atoms with E-state index in [2.05, 4.69) is 6.92 Å². The maximum atomic E-state index is 12.0. The minimum Gasteiger partial charge on any atom is -0.476 e. The van der Waals surface area contributed by atoms with Crippen LogP contribution in [0.3, 0.4) is 0 Å². The second-order valence-corrected chi connectivity index (χ2v) is 6.12. The monoisotopic (exact) mass is 306 g/mol. The Morgan fingerprint density at radius 2 is 1.73 bits per heavy atom. The van der Waals surface area contributed by atoms with Crippen LogP contribution in [-0.2, 0) is 9.53 Å². The highest BCUT2D eigenvalue weighted by atomic mass is 16.6. The summed E-state index contributed by atoms with van der Waals surface area (Å²) < 4.78 is 10.9. The Kier molecular flexibility index (Phi) is 6.60. The predicted molar refractivity (Wildman–Crippen MR) is 86.2 cm³/mol. The first-order chi connectivity index (χ1) is 10.3. The number of benzene rings is 1. The molecule has 0 heterocycles. The Morgan fingerprint density at radius 3 is 2.23 bits per heavy atom. The largest absolute Gasteiger partial charge is 0.476 e. The van der Waals surface area contributed by atoms with Crippen LogP contribution in [0.4, 0.5) is 0 Å². The average molecular weight is 306 g/mol. The van der Waals surface area contributed by atoms with Gasteiger partial charge in [0.15, 0.2) is 11.4 Å². The molecule has 0 aliphatic rings. The number of Topliss-reactive ketones (excluding diaryl/α,β-unsaturated/α-hetero) is 1. The van der Waals surface area contributed by atoms with Crippen molar-refractivity contribution in [2.75, 3.05) is 0 Å². The average Bonchev–Trinajstić information content (AvgIpc) is 2.44. The van der Waals surface area contributed by atoms with Gasteiger partial charge in [-0.15, -0.1) is 0 Å². The lowest BCUT2D eigenvalue weighted by atomic mass is 10.1. The fraction of sp³-hybridized carbons (Fsp3) is 0.556. The van der Waals surface area contributed by atoms with Crippen molar-refractivity contribution in [2.45, 2.75) is 65.6 Å². The van der Waals surface area contributed by atoms with Crippen molar-refractivity contribution < 1.29 is 19.1 Å². The Bertz CT molecular complexity index is 500. The van der Waals surface area contributed by atoms with Gasteiger partial charge in [-0.1, -0.05) is 13.3 Å². The Labute approximate surface area is 132 Å². The lowest BCUT2D eigenvalue weighted by Crippen LogP contribution is -2.40. The van der Waals surface area contributed by atoms with Gasteiger partial charge in [0.2, 0.25) is 0 Å². The highest BCUT2D eigenvalue weighted by Gasteiger charge is 2.32. The van der Waals surface area contributed by atoms with Crippen LogP contribution < -0.4 is 4.74 Å². The highest BCUT2D eigenvalue weighted by Crippen LogP contribution is 2.21. The van der Waals surface area contributed by atoms with Gasteiger partial charge in [-0.3, -0.25) is 4.79 Å². The summed E-state index contributed by atoms with van der Waals surface area (Å²) >= 11 is 0. The van der Waals surface area contributed by atoms with Crippen molar-refractivity contribution in [1.82, 2.24) is 0 Å². The van der Waals surface area contributed by atoms with E-state index in [0.717, 1.165) is 12.8 Å². The molecule has 0 atom stereocenters. The molecule has 122 valence electrons. The summed E-state index contributed by atoms with van der Waals surface area (Å²) in [4.78, 5) is 23.9. The molecule has 0 aromatic heterocycles. The van der Waals surface area contributed by atoms with Crippen LogP contribution in [0, 0.1) is 0 Å². The molecule has 0 unspecified atom stereocenters. The lowest BCUT2D eigenvalue weighted by molar-refractivity contribution is -0.163. The molecule has 0 saturated carbocycles. The first-order valence-corrected chi connectivity index (χ1v) is 7.79. The standard InChI is InChI=1S/C18H26O4/c1-6-7-8-16(19)14-9-11-15(12-10-14)22-18(4,5)17(20)21-13(2)3/h9-13H,6-8H2,1-5H3. The van der Waals surface area contributed by atoms with Crippen molar-refractivity contribution in [3.8, 4) is 5.75 Å². The molecule has 1 rings (SSSR count). The van der Waals surface area contributed by atoms with Crippen molar-refractivity contribution in [3.05, 3.63) is 29.8 Å². The van der Waals surface area contributed by atoms with E-state index in [9.17, 15) is 9.59 Å². The van der Waals surface area contributed by atoms with E-state index in [1.807, 2.05) is 0 Å². The number of carbonyl (C=O) groups is 2. The SMILES string of the molecule is CCCCC(=O)c1ccc(OC(C)(C)C(=O)OC(C)C)cc1. The molecule has 0 aliphatic carbocycles. The molecule has 22 heavy (non-hydrogen) atoms. The Hall–Kier alpha value is -1.84. The smallest absolute Gasteiger partial charge is 0.350 e. The van der Waals surface area contributed by atoms with Crippen molar-refractivity contribution in [3.63, 3.8) is 0 Å². The van der Waals surface area contributed by atoms with Gasteiger partial charge in [-0.2, -0.15) is 0 Å². The minimum atomic E-state index is -1.07. The van der Waals surface area contributed by atoms with Crippen molar-refractivity contribution >= 4 is 11.8 Å². The van der Waals surface area contributed by atoms with E-state index in [1.54, 1.807) is 52.0 Å². The summed E-state index contributed by atoms with van der Waals surface area (Å²) in [5, 5.41) is 0. The van der Waals surface area contributed by atoms with Gasteiger partial charge in [-0.05, 0) is 58.4 Å². The van der Waals surface area contributed by atoms with Gasteiger partial charge in [0.05, 0.1) is 6.10 Å². The highest BCUT2D eigenvalue weighted by molar-refractivity contribution is 5.96. The van der Waals surface area contributed by atoms with Crippen LogP contribution in [0.1, 0.15) is 64.2 Å². The number of ketones is 1. The molecule has 0 aliphatic heterocycles. The van der Waals surface area contributed by atoms with Crippen LogP contribution >= 0.6 is 0 Å². The summed E-state index contributed by atoms with van der Waals surface area (Å²) in [5.41, 5.74) is -0.402. The van der Waals surface area contributed by atoms with Crippen LogP contribution in [0.5, 0.6) is 5.75 Å². The zero-order chi connectivity index (χ0) is 16.8. The second-order valence-electron chi connectivity index (χ2n) is 6.12. The first kappa shape index (κ1) is 18.2. The Morgan fingerprint density at radius 1 is 1.14 bits per heavy atom. The number of rotatable bonds is 8. The summed E-state index contributed by atoms with van der Waals surface area (Å²) in [6.45, 7) is 8.98. The van der Waals surface area contributed by atoms with E-state index >= 15 is 0 Å². The van der Waals surface area contributed by atoms with Crippen LogP contribution in [0.15, 0.2) is 24.3 Å². The van der Waals surface area contributed by atoms with Gasteiger partial charge in [0, 0.05) is 12.0 Å². The third-order valence-corrected chi connectivity index (χ3v) is 3.14. The topological polar surface area (TPSA) is 52.6 Å². The molecule has 0 radical (unpaired) electrons. The molecular formula is C18H26O4. The molecule has 4 heteroatoms. The number of hydrogen-bond donors (Lipinski definition) is 0. The molecule has 0 amide bonds. The zero-order valence-corrected chi connectivity index (χ0v) is 14.1. The van der Waals surface area contributed by atoms with Crippen LogP contribution in [0.25, 0.3) is 0 Å². The molecule has 1 aromatic rings. The van der Waals surface area contributed by atoms with Gasteiger partial charge >= 0.3 is 5.97 Å². The number of hydrogen-bond acceptors (Lipinski definition) is 4. The normalized spacial score (nSPS) is 11.4. The van der Waals surface area contributed by atoms with E-state index in [1.165, 1.54) is 0 Å². The maximum absolute atomic E-state index is 12.0. The number of unbranched alkanes of at least 4 members (excludes halogenated alkanes) is 1. The third kappa shape index (κ3) is 5.51. The van der Waals surface area contributed by atoms with Crippen LogP contribution in [0.2, 0.25) is 0 Å². The molecule has 0 saturated heterocycles. The number of esters is 1. The molecule has 0 bridgehead atoms. The van der Waals surface area contributed by atoms with Crippen LogP contribution in [-0.4, -0.2) is 23.5 Å². The second kappa shape index (κ2) is 7.97. The summed E-state index contributed by atoms with van der Waals surface area (Å²) in [5.74, 6) is 0.259. The number of ether oxygens (including phenoxy) is 2. The van der Waals surface area contributed by atoms with Gasteiger partial charge < -0.3 is 9.47 Å². The van der Waals surface area contributed by atoms with E-state index < -0.39 is 11.6 Å². The number of carbonyl (C=O) groups excluding carboxylic acids is 2. The van der Waals surface area contributed by atoms with Gasteiger partial charge in [-0.25, -0.2) is 4.79 Å². The lowest BCUT2D eigenvalue weighted by Gasteiger charge is -2.25. The quantitative estimate of drug-likeness (QED) is 0.534. The maximum Gasteiger partial charge on any atom is 0.350 e. The predicted octanol–water partition coefficient (Wildman–Crippen LogP) is 4.17.